The molecule has 0 spiro atoms. The van der Waals surface area contributed by atoms with E-state index in [4.69, 9.17) is 27.9 Å². The molecule has 6 heteroatoms. The second kappa shape index (κ2) is 5.03. The van der Waals surface area contributed by atoms with Crippen molar-refractivity contribution in [3.8, 4) is 0 Å². The van der Waals surface area contributed by atoms with Crippen LogP contribution >= 0.6 is 23.2 Å². The van der Waals surface area contributed by atoms with E-state index in [1.165, 1.54) is 12.3 Å². The fraction of sp³-hybridized carbons (Fsp3) is 0.500. The number of hydrogen-bond donors (Lipinski definition) is 1. The number of aliphatic carboxylic acids is 1. The first-order valence-corrected chi connectivity index (χ1v) is 6.36. The third kappa shape index (κ3) is 2.32. The normalized spacial score (nSPS) is 27.4. The van der Waals surface area contributed by atoms with Gasteiger partial charge in [-0.25, -0.2) is 4.98 Å². The zero-order valence-electron chi connectivity index (χ0n) is 9.82. The van der Waals surface area contributed by atoms with Crippen LogP contribution in [0.3, 0.4) is 0 Å². The average Bonchev–Trinajstić information content (AvgIpc) is 2.65. The summed E-state index contributed by atoms with van der Waals surface area (Å²) < 4.78 is 5.40. The lowest BCUT2D eigenvalue weighted by molar-refractivity contribution is -0.151. The average molecular weight is 290 g/mol. The molecule has 0 bridgehead atoms. The molecule has 1 saturated heterocycles. The van der Waals surface area contributed by atoms with Gasteiger partial charge in [-0.3, -0.25) is 4.79 Å². The van der Waals surface area contributed by atoms with Gasteiger partial charge in [0.25, 0.3) is 0 Å². The summed E-state index contributed by atoms with van der Waals surface area (Å²) in [5.41, 5.74) is -0.250. The van der Waals surface area contributed by atoms with Crippen molar-refractivity contribution in [3.63, 3.8) is 0 Å². The molecule has 1 aliphatic rings. The highest BCUT2D eigenvalue weighted by atomic mass is 35.5. The molecule has 0 aliphatic carbocycles. The zero-order valence-corrected chi connectivity index (χ0v) is 11.3. The summed E-state index contributed by atoms with van der Waals surface area (Å²) in [5, 5.41) is 10.2. The van der Waals surface area contributed by atoms with Crippen LogP contribution in [0.15, 0.2) is 12.3 Å². The fourth-order valence-electron chi connectivity index (χ4n) is 2.27. The second-order valence-corrected chi connectivity index (χ2v) is 5.29. The van der Waals surface area contributed by atoms with Crippen molar-refractivity contribution in [2.24, 2.45) is 5.41 Å². The van der Waals surface area contributed by atoms with Gasteiger partial charge < -0.3 is 9.84 Å². The number of carboxylic acids is 1. The molecule has 0 radical (unpaired) electrons. The summed E-state index contributed by atoms with van der Waals surface area (Å²) in [6.07, 6.45) is 1.96. The zero-order chi connectivity index (χ0) is 13.3. The topological polar surface area (TPSA) is 59.4 Å². The minimum atomic E-state index is -0.931. The molecule has 1 N–H and O–H groups in total. The molecule has 2 rings (SSSR count). The summed E-state index contributed by atoms with van der Waals surface area (Å²) in [5.74, 6) is -0.862. The Hall–Kier alpha value is -0.840. The number of halogens is 2. The van der Waals surface area contributed by atoms with E-state index in [0.717, 1.165) is 0 Å². The maximum atomic E-state index is 11.5. The van der Waals surface area contributed by atoms with Gasteiger partial charge in [-0.05, 0) is 31.4 Å². The molecule has 1 fully saturated rings. The van der Waals surface area contributed by atoms with Gasteiger partial charge in [0, 0.05) is 17.8 Å². The lowest BCUT2D eigenvalue weighted by Gasteiger charge is -2.27. The molecule has 0 aromatic carbocycles. The Morgan fingerprint density at radius 2 is 2.39 bits per heavy atom. The van der Waals surface area contributed by atoms with E-state index in [-0.39, 0.29) is 6.10 Å². The van der Waals surface area contributed by atoms with Crippen molar-refractivity contribution in [1.82, 2.24) is 4.98 Å². The number of rotatable bonds is 3. The highest BCUT2D eigenvalue weighted by Crippen LogP contribution is 2.39. The lowest BCUT2D eigenvalue weighted by Crippen LogP contribution is -2.39. The predicted molar refractivity (Wildman–Crippen MR) is 68.1 cm³/mol. The van der Waals surface area contributed by atoms with Gasteiger partial charge in [0.15, 0.2) is 0 Å². The van der Waals surface area contributed by atoms with E-state index in [1.807, 2.05) is 0 Å². The van der Waals surface area contributed by atoms with Crippen LogP contribution in [0.2, 0.25) is 10.2 Å². The first-order chi connectivity index (χ1) is 8.45. The number of ether oxygens (including phenoxy) is 1. The molecular formula is C12H13Cl2NO3. The molecule has 2 unspecified atom stereocenters. The molecule has 1 aliphatic heterocycles. The van der Waals surface area contributed by atoms with Gasteiger partial charge in [-0.15, -0.1) is 0 Å². The first kappa shape index (κ1) is 13.6. The molecule has 1 aromatic heterocycles. The molecular weight excluding hydrogens is 277 g/mol. The maximum absolute atomic E-state index is 11.5. The van der Waals surface area contributed by atoms with Gasteiger partial charge in [0.1, 0.15) is 5.15 Å². The molecule has 1 aromatic rings. The van der Waals surface area contributed by atoms with Crippen molar-refractivity contribution >= 4 is 29.2 Å². The Bertz CT molecular complexity index is 480. The van der Waals surface area contributed by atoms with Crippen molar-refractivity contribution in [3.05, 3.63) is 28.0 Å². The third-order valence-corrected chi connectivity index (χ3v) is 4.08. The SMILES string of the molecule is CC1OCCC1(Cc1cnc(Cl)cc1Cl)C(=O)O. The Morgan fingerprint density at radius 1 is 1.67 bits per heavy atom. The molecule has 0 saturated carbocycles. The minimum Gasteiger partial charge on any atom is -0.481 e. The fourth-order valence-corrected chi connectivity index (χ4v) is 2.71. The van der Waals surface area contributed by atoms with E-state index < -0.39 is 11.4 Å². The van der Waals surface area contributed by atoms with Gasteiger partial charge >= 0.3 is 5.97 Å². The summed E-state index contributed by atoms with van der Waals surface area (Å²) in [4.78, 5) is 15.5. The van der Waals surface area contributed by atoms with Crippen molar-refractivity contribution in [2.75, 3.05) is 6.61 Å². The van der Waals surface area contributed by atoms with Crippen LogP contribution in [0, 0.1) is 5.41 Å². The first-order valence-electron chi connectivity index (χ1n) is 5.60. The predicted octanol–water partition coefficient (Wildman–Crippen LogP) is 2.81. The van der Waals surface area contributed by atoms with E-state index in [2.05, 4.69) is 4.98 Å². The molecule has 2 heterocycles. The van der Waals surface area contributed by atoms with Crippen molar-refractivity contribution < 1.29 is 14.6 Å². The van der Waals surface area contributed by atoms with Gasteiger partial charge in [-0.1, -0.05) is 23.2 Å². The summed E-state index contributed by atoms with van der Waals surface area (Å²) in [6.45, 7) is 2.23. The van der Waals surface area contributed by atoms with E-state index in [0.29, 0.717) is 35.2 Å². The number of carboxylic acid groups (broad SMARTS) is 1. The quantitative estimate of drug-likeness (QED) is 0.870. The monoisotopic (exact) mass is 289 g/mol. The standard InChI is InChI=1S/C12H13Cl2NO3/c1-7-12(11(16)17,2-3-18-7)5-8-6-15-10(14)4-9(8)13/h4,6-7H,2-3,5H2,1H3,(H,16,17). The highest BCUT2D eigenvalue weighted by molar-refractivity contribution is 6.34. The van der Waals surface area contributed by atoms with E-state index >= 15 is 0 Å². The van der Waals surface area contributed by atoms with Crippen LogP contribution in [0.25, 0.3) is 0 Å². The van der Waals surface area contributed by atoms with Crippen LogP contribution in [-0.4, -0.2) is 28.8 Å². The van der Waals surface area contributed by atoms with Crippen molar-refractivity contribution in [1.29, 1.82) is 0 Å². The highest BCUT2D eigenvalue weighted by Gasteiger charge is 2.48. The van der Waals surface area contributed by atoms with Crippen LogP contribution in [0.1, 0.15) is 18.9 Å². The minimum absolute atomic E-state index is 0.295. The Balaban J connectivity index is 2.32. The van der Waals surface area contributed by atoms with Gasteiger partial charge in [0.2, 0.25) is 0 Å². The summed E-state index contributed by atoms with van der Waals surface area (Å²) >= 11 is 11.8. The molecule has 0 amide bonds. The second-order valence-electron chi connectivity index (χ2n) is 4.50. The molecule has 2 atom stereocenters. The smallest absolute Gasteiger partial charge is 0.312 e. The Morgan fingerprint density at radius 3 is 2.89 bits per heavy atom. The van der Waals surface area contributed by atoms with E-state index in [9.17, 15) is 9.90 Å². The van der Waals surface area contributed by atoms with E-state index in [1.54, 1.807) is 6.92 Å². The van der Waals surface area contributed by atoms with Crippen molar-refractivity contribution in [2.45, 2.75) is 25.9 Å². The molecule has 18 heavy (non-hydrogen) atoms. The van der Waals surface area contributed by atoms with Gasteiger partial charge in [-0.2, -0.15) is 0 Å². The van der Waals surface area contributed by atoms with Crippen LogP contribution < -0.4 is 0 Å². The molecule has 4 nitrogen and oxygen atoms in total. The van der Waals surface area contributed by atoms with Crippen LogP contribution in [-0.2, 0) is 16.0 Å². The summed E-state index contributed by atoms with van der Waals surface area (Å²) in [6, 6.07) is 1.52. The lowest BCUT2D eigenvalue weighted by atomic mass is 9.76. The number of carbonyl (C=O) groups is 1. The number of pyridine rings is 1. The Labute approximate surface area is 115 Å². The van der Waals surface area contributed by atoms with Crippen LogP contribution in [0.4, 0.5) is 0 Å². The number of nitrogens with zero attached hydrogens (tertiary/aromatic N) is 1. The van der Waals surface area contributed by atoms with Gasteiger partial charge in [0.05, 0.1) is 11.5 Å². The number of aromatic nitrogens is 1. The summed E-state index contributed by atoms with van der Waals surface area (Å²) in [7, 11) is 0. The third-order valence-electron chi connectivity index (χ3n) is 3.52. The maximum Gasteiger partial charge on any atom is 0.312 e. The number of hydrogen-bond acceptors (Lipinski definition) is 3. The Kier molecular flexibility index (Phi) is 3.80. The molecule has 98 valence electrons. The van der Waals surface area contributed by atoms with Crippen LogP contribution in [0.5, 0.6) is 0 Å². The largest absolute Gasteiger partial charge is 0.481 e.